The number of piperidine rings is 1. The second kappa shape index (κ2) is 8.09. The van der Waals surface area contributed by atoms with E-state index in [1.807, 2.05) is 4.90 Å². The lowest BCUT2D eigenvalue weighted by molar-refractivity contribution is -0.145. The Morgan fingerprint density at radius 2 is 2.05 bits per heavy atom. The van der Waals surface area contributed by atoms with E-state index in [-0.39, 0.29) is 18.6 Å². The molecule has 2 atom stereocenters. The summed E-state index contributed by atoms with van der Waals surface area (Å²) in [4.78, 5) is 25.0. The smallest absolute Gasteiger partial charge is 0.407 e. The Hall–Kier alpha value is -1.30. The molecule has 1 amide bonds. The van der Waals surface area contributed by atoms with E-state index >= 15 is 0 Å². The number of amides is 1. The number of esters is 1. The summed E-state index contributed by atoms with van der Waals surface area (Å²) in [6.07, 6.45) is 0.488. The molecular formula is C14H26N2O4. The summed E-state index contributed by atoms with van der Waals surface area (Å²) in [5, 5.41) is 2.83. The zero-order valence-corrected chi connectivity index (χ0v) is 12.8. The van der Waals surface area contributed by atoms with Crippen LogP contribution in [0.3, 0.4) is 0 Å². The average molecular weight is 286 g/mol. The normalized spacial score (nSPS) is 23.4. The molecule has 1 aliphatic heterocycles. The Bertz CT molecular complexity index is 333. The third-order valence-electron chi connectivity index (χ3n) is 3.67. The Morgan fingerprint density at radius 1 is 1.35 bits per heavy atom. The number of hydrogen-bond acceptors (Lipinski definition) is 5. The molecule has 0 aromatic rings. The summed E-state index contributed by atoms with van der Waals surface area (Å²) in [7, 11) is 1.36. The van der Waals surface area contributed by atoms with Crippen LogP contribution in [0, 0.1) is 11.8 Å². The topological polar surface area (TPSA) is 67.9 Å². The van der Waals surface area contributed by atoms with E-state index < -0.39 is 6.09 Å². The van der Waals surface area contributed by atoms with Crippen LogP contribution in [0.15, 0.2) is 0 Å². The van der Waals surface area contributed by atoms with Gasteiger partial charge in [0.15, 0.2) is 0 Å². The van der Waals surface area contributed by atoms with E-state index in [0.717, 1.165) is 13.0 Å². The van der Waals surface area contributed by atoms with Crippen molar-refractivity contribution in [1.29, 1.82) is 0 Å². The molecule has 0 saturated carbocycles. The fraction of sp³-hybridized carbons (Fsp3) is 0.857. The van der Waals surface area contributed by atoms with Crippen molar-refractivity contribution in [2.75, 3.05) is 33.4 Å². The average Bonchev–Trinajstić information content (AvgIpc) is 2.38. The number of hydrogen-bond donors (Lipinski definition) is 1. The molecule has 1 saturated heterocycles. The molecule has 1 aliphatic rings. The predicted octanol–water partition coefficient (Wildman–Crippen LogP) is 1.25. The van der Waals surface area contributed by atoms with Crippen molar-refractivity contribution < 1.29 is 19.1 Å². The number of carbonyl (C=O) groups is 2. The van der Waals surface area contributed by atoms with E-state index in [4.69, 9.17) is 4.74 Å². The number of ether oxygens (including phenoxy) is 2. The quantitative estimate of drug-likeness (QED) is 0.770. The molecule has 0 bridgehead atoms. The van der Waals surface area contributed by atoms with Crippen LogP contribution in [0.5, 0.6) is 0 Å². The van der Waals surface area contributed by atoms with E-state index in [1.54, 1.807) is 6.92 Å². The Morgan fingerprint density at radius 3 is 2.60 bits per heavy atom. The highest BCUT2D eigenvalue weighted by molar-refractivity contribution is 5.71. The largest absolute Gasteiger partial charge is 0.465 e. The van der Waals surface area contributed by atoms with Crippen molar-refractivity contribution in [2.24, 2.45) is 11.8 Å². The molecule has 0 radical (unpaired) electrons. The van der Waals surface area contributed by atoms with Crippen LogP contribution in [0.1, 0.15) is 27.2 Å². The second-order valence-corrected chi connectivity index (χ2v) is 5.57. The third kappa shape index (κ3) is 5.36. The van der Waals surface area contributed by atoms with Crippen LogP contribution in [0.4, 0.5) is 4.79 Å². The Balaban J connectivity index is 2.60. The first-order valence-corrected chi connectivity index (χ1v) is 7.18. The van der Waals surface area contributed by atoms with Gasteiger partial charge in [0.25, 0.3) is 0 Å². The lowest BCUT2D eigenvalue weighted by atomic mass is 9.85. The number of methoxy groups -OCH3 is 1. The minimum Gasteiger partial charge on any atom is -0.465 e. The maximum Gasteiger partial charge on any atom is 0.407 e. The van der Waals surface area contributed by atoms with Crippen LogP contribution in [0.25, 0.3) is 0 Å². The maximum atomic E-state index is 11.6. The molecule has 6 nitrogen and oxygen atoms in total. The first-order valence-electron chi connectivity index (χ1n) is 7.18. The Labute approximate surface area is 120 Å². The predicted molar refractivity (Wildman–Crippen MR) is 75.3 cm³/mol. The van der Waals surface area contributed by atoms with Gasteiger partial charge in [0.1, 0.15) is 0 Å². The molecule has 1 heterocycles. The molecule has 0 aromatic heterocycles. The summed E-state index contributed by atoms with van der Waals surface area (Å²) in [6.45, 7) is 8.29. The minimum atomic E-state index is -0.421. The molecule has 2 unspecified atom stereocenters. The first-order chi connectivity index (χ1) is 9.46. The zero-order chi connectivity index (χ0) is 15.1. The SMILES string of the molecule is CCOC(=O)CN1CC(NC(=O)OC)CC(C(C)C)C1. The van der Waals surface area contributed by atoms with Crippen molar-refractivity contribution in [3.8, 4) is 0 Å². The molecule has 6 heteroatoms. The van der Waals surface area contributed by atoms with Crippen LogP contribution in [-0.4, -0.2) is 56.4 Å². The van der Waals surface area contributed by atoms with E-state index in [1.165, 1.54) is 7.11 Å². The summed E-state index contributed by atoms with van der Waals surface area (Å²) < 4.78 is 9.63. The molecule has 20 heavy (non-hydrogen) atoms. The molecule has 1 fully saturated rings. The highest BCUT2D eigenvalue weighted by atomic mass is 16.5. The van der Waals surface area contributed by atoms with Crippen molar-refractivity contribution in [2.45, 2.75) is 33.2 Å². The molecule has 0 aliphatic carbocycles. The van der Waals surface area contributed by atoms with Crippen LogP contribution in [0.2, 0.25) is 0 Å². The van der Waals surface area contributed by atoms with E-state index in [9.17, 15) is 9.59 Å². The highest BCUT2D eigenvalue weighted by Crippen LogP contribution is 2.23. The van der Waals surface area contributed by atoms with Crippen molar-refractivity contribution in [3.05, 3.63) is 0 Å². The number of nitrogens with zero attached hydrogens (tertiary/aromatic N) is 1. The molecule has 1 rings (SSSR count). The number of carbonyl (C=O) groups excluding carboxylic acids is 2. The van der Waals surface area contributed by atoms with Gasteiger partial charge in [0, 0.05) is 19.1 Å². The van der Waals surface area contributed by atoms with Crippen LogP contribution >= 0.6 is 0 Å². The molecular weight excluding hydrogens is 260 g/mol. The number of nitrogens with one attached hydrogen (secondary N) is 1. The van der Waals surface area contributed by atoms with Gasteiger partial charge in [0.05, 0.1) is 20.3 Å². The number of rotatable bonds is 5. The van der Waals surface area contributed by atoms with Gasteiger partial charge in [0.2, 0.25) is 0 Å². The first kappa shape index (κ1) is 16.8. The van der Waals surface area contributed by atoms with Gasteiger partial charge >= 0.3 is 12.1 Å². The van der Waals surface area contributed by atoms with Gasteiger partial charge in [-0.2, -0.15) is 0 Å². The van der Waals surface area contributed by atoms with Crippen LogP contribution in [-0.2, 0) is 14.3 Å². The monoisotopic (exact) mass is 286 g/mol. The fourth-order valence-electron chi connectivity index (χ4n) is 2.56. The molecule has 1 N–H and O–H groups in total. The van der Waals surface area contributed by atoms with Gasteiger partial charge in [-0.05, 0) is 25.2 Å². The van der Waals surface area contributed by atoms with Gasteiger partial charge < -0.3 is 14.8 Å². The molecule has 0 aromatic carbocycles. The van der Waals surface area contributed by atoms with Crippen molar-refractivity contribution in [3.63, 3.8) is 0 Å². The number of alkyl carbamates (subject to hydrolysis) is 1. The van der Waals surface area contributed by atoms with E-state index in [2.05, 4.69) is 23.9 Å². The summed E-state index contributed by atoms with van der Waals surface area (Å²) in [5.74, 6) is 0.732. The molecule has 0 spiro atoms. The van der Waals surface area contributed by atoms with Crippen LogP contribution < -0.4 is 5.32 Å². The third-order valence-corrected chi connectivity index (χ3v) is 3.67. The van der Waals surface area contributed by atoms with Gasteiger partial charge in [-0.15, -0.1) is 0 Å². The zero-order valence-electron chi connectivity index (χ0n) is 12.8. The highest BCUT2D eigenvalue weighted by Gasteiger charge is 2.31. The van der Waals surface area contributed by atoms with Gasteiger partial charge in [-0.25, -0.2) is 4.79 Å². The summed E-state index contributed by atoms with van der Waals surface area (Å²) >= 11 is 0. The minimum absolute atomic E-state index is 0.0121. The Kier molecular flexibility index (Phi) is 6.78. The molecule has 116 valence electrons. The van der Waals surface area contributed by atoms with Gasteiger partial charge in [-0.1, -0.05) is 13.8 Å². The van der Waals surface area contributed by atoms with E-state index in [0.29, 0.717) is 25.0 Å². The second-order valence-electron chi connectivity index (χ2n) is 5.57. The van der Waals surface area contributed by atoms with Crippen molar-refractivity contribution in [1.82, 2.24) is 10.2 Å². The maximum absolute atomic E-state index is 11.6. The lowest BCUT2D eigenvalue weighted by Crippen LogP contribution is -2.53. The standard InChI is InChI=1S/C14H26N2O4/c1-5-20-13(17)9-16-7-11(10(2)3)6-12(8-16)15-14(18)19-4/h10-12H,5-9H2,1-4H3,(H,15,18). The fourth-order valence-corrected chi connectivity index (χ4v) is 2.56. The van der Waals surface area contributed by atoms with Gasteiger partial charge in [-0.3, -0.25) is 9.69 Å². The number of likely N-dealkylation sites (tertiary alicyclic amines) is 1. The van der Waals surface area contributed by atoms with Crippen molar-refractivity contribution >= 4 is 12.1 Å². The lowest BCUT2D eigenvalue weighted by Gasteiger charge is -2.39. The summed E-state index contributed by atoms with van der Waals surface area (Å²) in [6, 6.07) is 0.0121. The summed E-state index contributed by atoms with van der Waals surface area (Å²) in [5.41, 5.74) is 0.